The number of halogens is 2. The number of benzene rings is 1. The highest BCUT2D eigenvalue weighted by Crippen LogP contribution is 2.40. The van der Waals surface area contributed by atoms with E-state index >= 15 is 4.39 Å². The second-order valence-electron chi connectivity index (χ2n) is 7.15. The van der Waals surface area contributed by atoms with Gasteiger partial charge in [-0.25, -0.2) is 27.8 Å². The monoisotopic (exact) mass is 490 g/mol. The molecule has 0 fully saturated rings. The lowest BCUT2D eigenvalue weighted by Crippen LogP contribution is -2.10. The van der Waals surface area contributed by atoms with E-state index in [9.17, 15) is 8.42 Å². The Morgan fingerprint density at radius 2 is 2.03 bits per heavy atom. The number of rotatable bonds is 8. The minimum Gasteiger partial charge on any atom is -0.493 e. The summed E-state index contributed by atoms with van der Waals surface area (Å²) >= 11 is 6.21. The molecule has 0 aliphatic rings. The molecule has 3 heterocycles. The minimum absolute atomic E-state index is 0.0307. The molecular formula is C21H20ClFN6O3S. The van der Waals surface area contributed by atoms with Crippen LogP contribution in [0.3, 0.4) is 0 Å². The van der Waals surface area contributed by atoms with Gasteiger partial charge in [-0.1, -0.05) is 11.6 Å². The summed E-state index contributed by atoms with van der Waals surface area (Å²) in [6.07, 6.45) is 7.02. The maximum atomic E-state index is 15.2. The van der Waals surface area contributed by atoms with Crippen molar-refractivity contribution in [2.45, 2.75) is 18.2 Å². The molecule has 0 saturated heterocycles. The number of sulfone groups is 1. The van der Waals surface area contributed by atoms with Crippen LogP contribution in [0, 0.1) is 5.82 Å². The molecule has 12 heteroatoms. The number of nitrogens with one attached hydrogen (secondary N) is 2. The van der Waals surface area contributed by atoms with E-state index in [1.807, 2.05) is 0 Å². The number of aromatic nitrogens is 5. The highest BCUT2D eigenvalue weighted by atomic mass is 35.5. The van der Waals surface area contributed by atoms with Gasteiger partial charge in [-0.05, 0) is 31.0 Å². The molecule has 0 atom stereocenters. The summed E-state index contributed by atoms with van der Waals surface area (Å²) in [7, 11) is -3.54. The van der Waals surface area contributed by atoms with Crippen LogP contribution in [0.1, 0.15) is 12.5 Å². The van der Waals surface area contributed by atoms with E-state index in [1.165, 1.54) is 37.2 Å². The van der Waals surface area contributed by atoms with Gasteiger partial charge >= 0.3 is 0 Å². The maximum Gasteiger partial charge on any atom is 0.177 e. The van der Waals surface area contributed by atoms with E-state index in [4.69, 9.17) is 16.3 Å². The zero-order valence-corrected chi connectivity index (χ0v) is 19.3. The fourth-order valence-corrected chi connectivity index (χ4v) is 4.20. The van der Waals surface area contributed by atoms with Crippen LogP contribution >= 0.6 is 11.6 Å². The number of ether oxygens (including phenoxy) is 1. The Morgan fingerprint density at radius 1 is 1.21 bits per heavy atom. The normalized spacial score (nSPS) is 11.6. The molecular weight excluding hydrogens is 471 g/mol. The van der Waals surface area contributed by atoms with Crippen molar-refractivity contribution in [1.29, 1.82) is 0 Å². The van der Waals surface area contributed by atoms with Crippen molar-refractivity contribution in [3.8, 4) is 16.9 Å². The molecule has 4 aromatic rings. The van der Waals surface area contributed by atoms with Crippen molar-refractivity contribution in [1.82, 2.24) is 24.9 Å². The lowest BCUT2D eigenvalue weighted by Gasteiger charge is -2.18. The molecule has 2 N–H and O–H groups in total. The second-order valence-corrected chi connectivity index (χ2v) is 9.57. The topological polar surface area (TPSA) is 123 Å². The van der Waals surface area contributed by atoms with Gasteiger partial charge in [0.15, 0.2) is 27.1 Å². The van der Waals surface area contributed by atoms with Crippen LogP contribution in [0.2, 0.25) is 5.02 Å². The Labute approximate surface area is 194 Å². The van der Waals surface area contributed by atoms with Crippen molar-refractivity contribution < 1.29 is 17.5 Å². The van der Waals surface area contributed by atoms with Crippen LogP contribution in [0.15, 0.2) is 42.1 Å². The molecule has 0 spiro atoms. The largest absolute Gasteiger partial charge is 0.493 e. The van der Waals surface area contributed by atoms with Crippen LogP contribution in [-0.4, -0.2) is 52.7 Å². The van der Waals surface area contributed by atoms with Gasteiger partial charge in [-0.3, -0.25) is 4.98 Å². The highest BCUT2D eigenvalue weighted by molar-refractivity contribution is 7.90. The van der Waals surface area contributed by atoms with E-state index in [0.29, 0.717) is 35.5 Å². The average Bonchev–Trinajstić information content (AvgIpc) is 3.26. The summed E-state index contributed by atoms with van der Waals surface area (Å²) in [6, 6.07) is 2.86. The van der Waals surface area contributed by atoms with Crippen molar-refractivity contribution in [3.63, 3.8) is 0 Å². The van der Waals surface area contributed by atoms with Crippen LogP contribution in [0.5, 0.6) is 5.75 Å². The highest BCUT2D eigenvalue weighted by Gasteiger charge is 2.22. The first kappa shape index (κ1) is 22.9. The molecule has 172 valence electrons. The molecule has 1 aromatic carbocycles. The zero-order valence-electron chi connectivity index (χ0n) is 17.8. The molecule has 0 aliphatic carbocycles. The fraction of sp³-hybridized carbons (Fsp3) is 0.238. The van der Waals surface area contributed by atoms with Gasteiger partial charge in [0.2, 0.25) is 0 Å². The summed E-state index contributed by atoms with van der Waals surface area (Å²) in [4.78, 5) is 19.4. The number of anilines is 1. The SMILES string of the molecule is CCOc1c(CCNc2ncnc3[nH]cnc23)cc(Cl)c(F)c1-c1cncc(S(C)(=O)=O)c1. The molecule has 3 aromatic heterocycles. The maximum absolute atomic E-state index is 15.2. The average molecular weight is 491 g/mol. The summed E-state index contributed by atoms with van der Waals surface area (Å²) < 4.78 is 44.9. The Bertz CT molecular complexity index is 1430. The van der Waals surface area contributed by atoms with Gasteiger partial charge in [0.05, 0.1) is 28.4 Å². The minimum atomic E-state index is -3.54. The van der Waals surface area contributed by atoms with E-state index < -0.39 is 15.7 Å². The smallest absolute Gasteiger partial charge is 0.177 e. The number of fused-ring (bicyclic) bond motifs is 1. The number of H-pyrrole nitrogens is 1. The van der Waals surface area contributed by atoms with Crippen molar-refractivity contribution in [3.05, 3.63) is 53.6 Å². The van der Waals surface area contributed by atoms with E-state index in [0.717, 1.165) is 6.26 Å². The Morgan fingerprint density at radius 3 is 2.79 bits per heavy atom. The third-order valence-electron chi connectivity index (χ3n) is 4.87. The van der Waals surface area contributed by atoms with Gasteiger partial charge in [0, 0.05) is 30.8 Å². The molecule has 33 heavy (non-hydrogen) atoms. The summed E-state index contributed by atoms with van der Waals surface area (Å²) in [6.45, 7) is 2.47. The van der Waals surface area contributed by atoms with Crippen molar-refractivity contribution in [2.24, 2.45) is 0 Å². The molecule has 0 saturated carbocycles. The number of imidazole rings is 1. The first-order valence-corrected chi connectivity index (χ1v) is 12.2. The third kappa shape index (κ3) is 4.74. The van der Waals surface area contributed by atoms with Crippen LogP contribution in [0.25, 0.3) is 22.3 Å². The first-order valence-electron chi connectivity index (χ1n) is 9.96. The molecule has 0 amide bonds. The second kappa shape index (κ2) is 9.28. The van der Waals surface area contributed by atoms with Crippen molar-refractivity contribution >= 4 is 38.4 Å². The van der Waals surface area contributed by atoms with Gasteiger partial charge in [0.1, 0.15) is 17.6 Å². The molecule has 0 radical (unpaired) electrons. The predicted molar refractivity (Wildman–Crippen MR) is 123 cm³/mol. The van der Waals surface area contributed by atoms with Gasteiger partial charge in [0.25, 0.3) is 0 Å². The number of aromatic amines is 1. The molecule has 0 bridgehead atoms. The molecule has 0 unspecified atom stereocenters. The van der Waals surface area contributed by atoms with Gasteiger partial charge in [-0.15, -0.1) is 0 Å². The Hall–Kier alpha value is -3.31. The van der Waals surface area contributed by atoms with Gasteiger partial charge in [-0.2, -0.15) is 0 Å². The van der Waals surface area contributed by atoms with Crippen LogP contribution < -0.4 is 10.1 Å². The van der Waals surface area contributed by atoms with Crippen molar-refractivity contribution in [2.75, 3.05) is 24.7 Å². The van der Waals surface area contributed by atoms with E-state index in [2.05, 4.69) is 30.2 Å². The first-order chi connectivity index (χ1) is 15.8. The Kier molecular flexibility index (Phi) is 6.43. The summed E-state index contributed by atoms with van der Waals surface area (Å²) in [5, 5.41) is 3.09. The molecule has 9 nitrogen and oxygen atoms in total. The predicted octanol–water partition coefficient (Wildman–Crippen LogP) is 3.66. The van der Waals surface area contributed by atoms with Crippen LogP contribution in [0.4, 0.5) is 10.2 Å². The number of hydrogen-bond acceptors (Lipinski definition) is 8. The van der Waals surface area contributed by atoms with E-state index in [-0.39, 0.29) is 33.4 Å². The van der Waals surface area contributed by atoms with Crippen LogP contribution in [-0.2, 0) is 16.3 Å². The standard InChI is InChI=1S/C21H20ClFN6O3S/c1-3-32-19-12(4-5-25-20-18-21(27-10-26-18)29-11-28-20)7-15(22)17(23)16(19)13-6-14(9-24-8-13)33(2,30)31/h6-11H,3-5H2,1-2H3,(H2,25,26,27,28,29). The fourth-order valence-electron chi connectivity index (χ4n) is 3.38. The molecule has 4 rings (SSSR count). The number of nitrogens with zero attached hydrogens (tertiary/aromatic N) is 4. The molecule has 0 aliphatic heterocycles. The van der Waals surface area contributed by atoms with E-state index in [1.54, 1.807) is 6.92 Å². The lowest BCUT2D eigenvalue weighted by molar-refractivity contribution is 0.336. The quantitative estimate of drug-likeness (QED) is 0.383. The Balaban J connectivity index is 1.70. The summed E-state index contributed by atoms with van der Waals surface area (Å²) in [5.74, 6) is 0.122. The third-order valence-corrected chi connectivity index (χ3v) is 6.23. The lowest BCUT2D eigenvalue weighted by atomic mass is 10.00. The summed E-state index contributed by atoms with van der Waals surface area (Å²) in [5.41, 5.74) is 2.17. The van der Waals surface area contributed by atoms with Gasteiger partial charge < -0.3 is 15.0 Å². The number of pyridine rings is 1. The number of hydrogen-bond donors (Lipinski definition) is 2. The zero-order chi connectivity index (χ0) is 23.6.